The molecule has 9 nitrogen and oxygen atoms in total. The Morgan fingerprint density at radius 3 is 2.68 bits per heavy atom. The van der Waals surface area contributed by atoms with Gasteiger partial charge in [-0.1, -0.05) is 13.8 Å². The molecule has 4 rings (SSSR count). The van der Waals surface area contributed by atoms with Crippen LogP contribution in [0.1, 0.15) is 19.4 Å². The molecule has 0 N–H and O–H groups in total. The number of hydrogen-bond acceptors (Lipinski definition) is 8. The normalized spacial score (nSPS) is 15.4. The Kier molecular flexibility index (Phi) is 7.34. The summed E-state index contributed by atoms with van der Waals surface area (Å²) >= 11 is 0. The van der Waals surface area contributed by atoms with Gasteiger partial charge in [-0.25, -0.2) is 18.1 Å². The fourth-order valence-corrected chi connectivity index (χ4v) is 5.86. The second-order valence-electron chi connectivity index (χ2n) is 8.67. The predicted octanol–water partition coefficient (Wildman–Crippen LogP) is 3.24. The van der Waals surface area contributed by atoms with Crippen LogP contribution in [0.5, 0.6) is 5.75 Å². The smallest absolute Gasteiger partial charge is 0.138 e. The van der Waals surface area contributed by atoms with E-state index < -0.39 is 9.73 Å². The molecule has 0 atom stereocenters. The third-order valence-corrected chi connectivity index (χ3v) is 7.94. The van der Waals surface area contributed by atoms with E-state index in [2.05, 4.69) is 39.3 Å². The lowest BCUT2D eigenvalue weighted by molar-refractivity contribution is 0.146. The number of methoxy groups -OCH3 is 1. The fourth-order valence-electron chi connectivity index (χ4n) is 3.82. The van der Waals surface area contributed by atoms with Crippen LogP contribution < -0.4 is 9.64 Å². The number of anilines is 1. The van der Waals surface area contributed by atoms with E-state index in [1.54, 1.807) is 30.2 Å². The van der Waals surface area contributed by atoms with Crippen LogP contribution in [0.4, 0.5) is 5.82 Å². The van der Waals surface area contributed by atoms with Crippen molar-refractivity contribution in [3.05, 3.63) is 42.4 Å². The molecule has 1 fully saturated rings. The van der Waals surface area contributed by atoms with Crippen LogP contribution in [0.2, 0.25) is 0 Å². The molecule has 0 radical (unpaired) electrons. The molecule has 0 unspecified atom stereocenters. The molecule has 0 aliphatic carbocycles. The second kappa shape index (κ2) is 10.4. The molecule has 180 valence electrons. The second-order valence-corrected chi connectivity index (χ2v) is 11.3. The van der Waals surface area contributed by atoms with Crippen LogP contribution >= 0.6 is 0 Å². The lowest BCUT2D eigenvalue weighted by Gasteiger charge is -2.30. The van der Waals surface area contributed by atoms with Crippen molar-refractivity contribution in [3.8, 4) is 22.9 Å². The van der Waals surface area contributed by atoms with Crippen LogP contribution in [0.3, 0.4) is 0 Å². The van der Waals surface area contributed by atoms with Gasteiger partial charge in [0.15, 0.2) is 0 Å². The average Bonchev–Trinajstić information content (AvgIpc) is 3.26. The number of nitrogens with zero attached hydrogens (tertiary/aromatic N) is 6. The van der Waals surface area contributed by atoms with Gasteiger partial charge in [0.2, 0.25) is 0 Å². The maximum absolute atomic E-state index is 12.9. The molecule has 3 aromatic rings. The van der Waals surface area contributed by atoms with E-state index in [4.69, 9.17) is 9.47 Å². The number of pyridine rings is 2. The summed E-state index contributed by atoms with van der Waals surface area (Å²) in [6.07, 6.45) is 5.11. The first kappa shape index (κ1) is 24.0. The van der Waals surface area contributed by atoms with Gasteiger partial charge in [-0.15, -0.1) is 0 Å². The van der Waals surface area contributed by atoms with Gasteiger partial charge in [-0.2, -0.15) is 10.4 Å². The van der Waals surface area contributed by atoms with Crippen molar-refractivity contribution in [1.29, 1.82) is 5.26 Å². The van der Waals surface area contributed by atoms with Crippen molar-refractivity contribution in [2.24, 2.45) is 10.3 Å². The van der Waals surface area contributed by atoms with E-state index in [0.717, 1.165) is 16.9 Å². The van der Waals surface area contributed by atoms with Gasteiger partial charge in [-0.3, -0.25) is 0 Å². The third kappa shape index (κ3) is 5.32. The SMILES string of the molecule is COCCOc1cc(-c2ccc(N3CCS(=O)(=NCC(C)C)CC3)nc2)c2c(C#N)cnn2c1. The molecule has 0 bridgehead atoms. The van der Waals surface area contributed by atoms with E-state index >= 15 is 0 Å². The third-order valence-electron chi connectivity index (χ3n) is 5.68. The van der Waals surface area contributed by atoms with E-state index in [0.29, 0.717) is 67.1 Å². The average molecular weight is 483 g/mol. The number of hydrogen-bond donors (Lipinski definition) is 0. The zero-order chi connectivity index (χ0) is 24.1. The Morgan fingerprint density at radius 2 is 2.03 bits per heavy atom. The quantitative estimate of drug-likeness (QED) is 0.454. The van der Waals surface area contributed by atoms with Crippen molar-refractivity contribution < 1.29 is 13.7 Å². The minimum absolute atomic E-state index is 0.409. The highest BCUT2D eigenvalue weighted by Crippen LogP contribution is 2.31. The summed E-state index contributed by atoms with van der Waals surface area (Å²) in [4.78, 5) is 6.83. The van der Waals surface area contributed by atoms with Gasteiger partial charge < -0.3 is 14.4 Å². The Balaban J connectivity index is 1.58. The first-order chi connectivity index (χ1) is 16.4. The summed E-state index contributed by atoms with van der Waals surface area (Å²) in [6.45, 7) is 7.04. The summed E-state index contributed by atoms with van der Waals surface area (Å²) in [5, 5.41) is 13.9. The molecule has 0 saturated carbocycles. The van der Waals surface area contributed by atoms with Gasteiger partial charge >= 0.3 is 0 Å². The van der Waals surface area contributed by atoms with E-state index in [1.165, 1.54) is 0 Å². The first-order valence-electron chi connectivity index (χ1n) is 11.4. The predicted molar refractivity (Wildman–Crippen MR) is 133 cm³/mol. The molecule has 1 aliphatic rings. The van der Waals surface area contributed by atoms with Crippen molar-refractivity contribution in [2.45, 2.75) is 13.8 Å². The van der Waals surface area contributed by atoms with E-state index in [1.807, 2.05) is 18.2 Å². The molecule has 4 heterocycles. The van der Waals surface area contributed by atoms with Crippen molar-refractivity contribution in [3.63, 3.8) is 0 Å². The van der Waals surface area contributed by atoms with Crippen molar-refractivity contribution in [1.82, 2.24) is 14.6 Å². The highest BCUT2D eigenvalue weighted by atomic mass is 32.2. The van der Waals surface area contributed by atoms with Crippen molar-refractivity contribution in [2.75, 3.05) is 56.4 Å². The van der Waals surface area contributed by atoms with Crippen LogP contribution in [0.15, 0.2) is 41.2 Å². The summed E-state index contributed by atoms with van der Waals surface area (Å²) in [5.74, 6) is 3.01. The molecule has 3 aromatic heterocycles. The lowest BCUT2D eigenvalue weighted by Crippen LogP contribution is -2.40. The lowest BCUT2D eigenvalue weighted by atomic mass is 10.1. The van der Waals surface area contributed by atoms with E-state index in [9.17, 15) is 9.47 Å². The van der Waals surface area contributed by atoms with Crippen molar-refractivity contribution >= 4 is 21.1 Å². The Morgan fingerprint density at radius 1 is 1.24 bits per heavy atom. The molecule has 0 aromatic carbocycles. The monoisotopic (exact) mass is 482 g/mol. The largest absolute Gasteiger partial charge is 0.490 e. The fraction of sp³-hybridized carbons (Fsp3) is 0.458. The number of aromatic nitrogens is 3. The summed E-state index contributed by atoms with van der Waals surface area (Å²) in [5.41, 5.74) is 2.87. The van der Waals surface area contributed by atoms with Gasteiger partial charge in [0.25, 0.3) is 0 Å². The number of ether oxygens (including phenoxy) is 2. The maximum Gasteiger partial charge on any atom is 0.138 e. The maximum atomic E-state index is 12.9. The minimum atomic E-state index is -2.13. The number of rotatable bonds is 8. The Bertz CT molecular complexity index is 1290. The number of fused-ring (bicyclic) bond motifs is 1. The molecule has 10 heteroatoms. The summed E-state index contributed by atoms with van der Waals surface area (Å²) in [7, 11) is -0.501. The zero-order valence-electron chi connectivity index (χ0n) is 19.8. The van der Waals surface area contributed by atoms with Gasteiger partial charge in [0.1, 0.15) is 24.2 Å². The highest BCUT2D eigenvalue weighted by Gasteiger charge is 2.22. The topological polar surface area (TPSA) is 105 Å². The van der Waals surface area contributed by atoms with Crippen LogP contribution in [-0.2, 0) is 14.5 Å². The van der Waals surface area contributed by atoms with E-state index in [-0.39, 0.29) is 0 Å². The zero-order valence-corrected chi connectivity index (χ0v) is 20.6. The molecule has 0 spiro atoms. The summed E-state index contributed by atoms with van der Waals surface area (Å²) in [6, 6.07) is 8.06. The van der Waals surface area contributed by atoms with Crippen LogP contribution in [0.25, 0.3) is 16.6 Å². The number of nitriles is 1. The molecule has 1 aliphatic heterocycles. The van der Waals surface area contributed by atoms with Gasteiger partial charge in [-0.05, 0) is 24.1 Å². The standard InChI is InChI=1S/C24H30N6O3S/c1-18(2)14-28-34(31)10-6-29(7-11-34)23-5-4-19(15-26-23)22-12-21(33-9-8-32-3)17-30-24(22)20(13-25)16-27-30/h4-5,12,15-18H,6-11,14H2,1-3H3. The first-order valence-corrected chi connectivity index (χ1v) is 13.2. The molecule has 0 amide bonds. The summed E-state index contributed by atoms with van der Waals surface area (Å²) < 4.78 is 30.0. The molecule has 34 heavy (non-hydrogen) atoms. The van der Waals surface area contributed by atoms with Gasteiger partial charge in [0, 0.05) is 49.0 Å². The van der Waals surface area contributed by atoms with Gasteiger partial charge in [0.05, 0.1) is 46.4 Å². The highest BCUT2D eigenvalue weighted by molar-refractivity contribution is 7.93. The molecule has 1 saturated heterocycles. The minimum Gasteiger partial charge on any atom is -0.490 e. The van der Waals surface area contributed by atoms with Crippen LogP contribution in [0, 0.1) is 17.2 Å². The molecular formula is C24H30N6O3S. The Hall–Kier alpha value is -3.16. The molecular weight excluding hydrogens is 452 g/mol. The van der Waals surface area contributed by atoms with Crippen LogP contribution in [-0.4, -0.2) is 70.3 Å². The Labute approximate surface area is 200 Å².